The van der Waals surface area contributed by atoms with Crippen molar-refractivity contribution in [3.05, 3.63) is 77.6 Å². The Morgan fingerprint density at radius 2 is 1.71 bits per heavy atom. The number of hydrogen-bond acceptors (Lipinski definition) is 7. The van der Waals surface area contributed by atoms with Crippen molar-refractivity contribution in [3.8, 4) is 0 Å². The van der Waals surface area contributed by atoms with E-state index in [4.69, 9.17) is 0 Å². The van der Waals surface area contributed by atoms with E-state index in [1.165, 1.54) is 5.69 Å². The summed E-state index contributed by atoms with van der Waals surface area (Å²) in [6.07, 6.45) is 6.07. The maximum Gasteiger partial charge on any atom is 0.264 e. The molecular formula is C28H28N6O4. The predicted molar refractivity (Wildman–Crippen MR) is 140 cm³/mol. The molecule has 38 heavy (non-hydrogen) atoms. The van der Waals surface area contributed by atoms with Crippen LogP contribution in [0.2, 0.25) is 0 Å². The number of carbonyl (C=O) groups is 4. The Morgan fingerprint density at radius 3 is 2.47 bits per heavy atom. The van der Waals surface area contributed by atoms with Gasteiger partial charge in [-0.05, 0) is 43.5 Å². The molecule has 4 heterocycles. The second-order valence-electron chi connectivity index (χ2n) is 9.91. The van der Waals surface area contributed by atoms with Gasteiger partial charge in [0.25, 0.3) is 11.8 Å². The van der Waals surface area contributed by atoms with Gasteiger partial charge in [-0.25, -0.2) is 0 Å². The van der Waals surface area contributed by atoms with Gasteiger partial charge in [0, 0.05) is 49.2 Å². The minimum Gasteiger partial charge on any atom is -0.380 e. The zero-order chi connectivity index (χ0) is 26.2. The van der Waals surface area contributed by atoms with Crippen molar-refractivity contribution in [1.29, 1.82) is 0 Å². The molecule has 3 aromatic rings. The SMILES string of the molecule is O=C1CCC(N2C(=O)c3cccc(NCc4cnn(C5CCN(c6ccccc6)CC5)c4)c3C2=O)C(=O)N1. The van der Waals surface area contributed by atoms with E-state index in [2.05, 4.69) is 44.9 Å². The lowest BCUT2D eigenvalue weighted by Crippen LogP contribution is -2.54. The first-order valence-electron chi connectivity index (χ1n) is 12.9. The summed E-state index contributed by atoms with van der Waals surface area (Å²) < 4.78 is 2.02. The number of rotatable bonds is 6. The van der Waals surface area contributed by atoms with Crippen LogP contribution in [0.3, 0.4) is 0 Å². The molecule has 2 aromatic carbocycles. The van der Waals surface area contributed by atoms with Crippen LogP contribution in [0.4, 0.5) is 11.4 Å². The van der Waals surface area contributed by atoms with E-state index in [-0.39, 0.29) is 24.0 Å². The highest BCUT2D eigenvalue weighted by Gasteiger charge is 2.45. The van der Waals surface area contributed by atoms with Crippen molar-refractivity contribution in [2.75, 3.05) is 23.3 Å². The molecule has 0 saturated carbocycles. The number of carbonyl (C=O) groups excluding carboxylic acids is 4. The molecule has 0 radical (unpaired) electrons. The second-order valence-corrected chi connectivity index (χ2v) is 9.91. The Labute approximate surface area is 219 Å². The molecule has 0 aliphatic carbocycles. The van der Waals surface area contributed by atoms with Crippen molar-refractivity contribution in [2.24, 2.45) is 0 Å². The van der Waals surface area contributed by atoms with Crippen molar-refractivity contribution in [2.45, 2.75) is 44.3 Å². The van der Waals surface area contributed by atoms with E-state index in [1.807, 2.05) is 23.1 Å². The summed E-state index contributed by atoms with van der Waals surface area (Å²) in [5, 5.41) is 10.1. The summed E-state index contributed by atoms with van der Waals surface area (Å²) in [7, 11) is 0. The minimum atomic E-state index is -0.987. The van der Waals surface area contributed by atoms with Gasteiger partial charge in [0.2, 0.25) is 11.8 Å². The molecule has 1 atom stereocenters. The van der Waals surface area contributed by atoms with E-state index in [9.17, 15) is 19.2 Å². The predicted octanol–water partition coefficient (Wildman–Crippen LogP) is 2.74. The fraction of sp³-hybridized carbons (Fsp3) is 0.321. The summed E-state index contributed by atoms with van der Waals surface area (Å²) in [4.78, 5) is 53.6. The fourth-order valence-electron chi connectivity index (χ4n) is 5.56. The third-order valence-corrected chi connectivity index (χ3v) is 7.57. The fourth-order valence-corrected chi connectivity index (χ4v) is 5.56. The Morgan fingerprint density at radius 1 is 0.921 bits per heavy atom. The quantitative estimate of drug-likeness (QED) is 0.488. The molecule has 3 aliphatic heterocycles. The average Bonchev–Trinajstić information content (AvgIpc) is 3.51. The van der Waals surface area contributed by atoms with Gasteiger partial charge in [0.15, 0.2) is 0 Å². The molecule has 2 fully saturated rings. The molecule has 0 bridgehead atoms. The highest BCUT2D eigenvalue weighted by molar-refractivity contribution is 6.25. The molecule has 10 heteroatoms. The van der Waals surface area contributed by atoms with Crippen LogP contribution < -0.4 is 15.5 Å². The molecule has 10 nitrogen and oxygen atoms in total. The number of para-hydroxylation sites is 1. The summed E-state index contributed by atoms with van der Waals surface area (Å²) in [5.74, 6) is -2.05. The zero-order valence-corrected chi connectivity index (χ0v) is 20.8. The molecule has 0 spiro atoms. The van der Waals surface area contributed by atoms with E-state index in [0.29, 0.717) is 18.3 Å². The molecule has 4 amide bonds. The summed E-state index contributed by atoms with van der Waals surface area (Å²) >= 11 is 0. The van der Waals surface area contributed by atoms with Crippen LogP contribution in [-0.2, 0) is 16.1 Å². The van der Waals surface area contributed by atoms with Gasteiger partial charge in [0.05, 0.1) is 23.4 Å². The number of benzene rings is 2. The number of nitrogens with one attached hydrogen (secondary N) is 2. The van der Waals surface area contributed by atoms with E-state index in [1.54, 1.807) is 18.2 Å². The van der Waals surface area contributed by atoms with Crippen LogP contribution in [0.5, 0.6) is 0 Å². The maximum atomic E-state index is 13.3. The largest absolute Gasteiger partial charge is 0.380 e. The van der Waals surface area contributed by atoms with Gasteiger partial charge in [-0.15, -0.1) is 0 Å². The highest BCUT2D eigenvalue weighted by Crippen LogP contribution is 2.33. The van der Waals surface area contributed by atoms with E-state index in [0.717, 1.165) is 36.4 Å². The Kier molecular flexibility index (Phi) is 6.15. The van der Waals surface area contributed by atoms with Crippen LogP contribution >= 0.6 is 0 Å². The van der Waals surface area contributed by atoms with Gasteiger partial charge in [0.1, 0.15) is 6.04 Å². The Bertz CT molecular complexity index is 1410. The van der Waals surface area contributed by atoms with Crippen LogP contribution in [0.15, 0.2) is 60.9 Å². The Balaban J connectivity index is 1.11. The number of nitrogens with zero attached hydrogens (tertiary/aromatic N) is 4. The highest BCUT2D eigenvalue weighted by atomic mass is 16.2. The smallest absolute Gasteiger partial charge is 0.264 e. The standard InChI is InChI=1S/C28H28N6O4/c35-24-10-9-23(26(36)31-24)34-27(37)21-7-4-8-22(25(21)28(34)38)29-15-18-16-30-33(17-18)20-11-13-32(14-12-20)19-5-2-1-3-6-19/h1-8,16-17,20,23,29H,9-15H2,(H,31,35,36). The maximum absolute atomic E-state index is 13.3. The second kappa shape index (κ2) is 9.77. The van der Waals surface area contributed by atoms with Crippen LogP contribution in [0, 0.1) is 0 Å². The number of fused-ring (bicyclic) bond motifs is 1. The molecule has 2 N–H and O–H groups in total. The lowest BCUT2D eigenvalue weighted by Gasteiger charge is -2.33. The zero-order valence-electron chi connectivity index (χ0n) is 20.8. The van der Waals surface area contributed by atoms with Gasteiger partial charge in [-0.3, -0.25) is 34.1 Å². The lowest BCUT2D eigenvalue weighted by molar-refractivity contribution is -0.136. The molecule has 2 saturated heterocycles. The van der Waals surface area contributed by atoms with Gasteiger partial charge < -0.3 is 10.2 Å². The van der Waals surface area contributed by atoms with Gasteiger partial charge in [-0.2, -0.15) is 5.10 Å². The van der Waals surface area contributed by atoms with Crippen molar-refractivity contribution in [3.63, 3.8) is 0 Å². The van der Waals surface area contributed by atoms with Crippen LogP contribution in [0.1, 0.15) is 58.0 Å². The van der Waals surface area contributed by atoms with Crippen molar-refractivity contribution in [1.82, 2.24) is 20.0 Å². The lowest BCUT2D eigenvalue weighted by atomic mass is 10.0. The summed E-state index contributed by atoms with van der Waals surface area (Å²) in [6, 6.07) is 14.8. The van der Waals surface area contributed by atoms with Crippen molar-refractivity contribution >= 4 is 35.0 Å². The normalized spacial score (nSPS) is 20.1. The molecule has 6 rings (SSSR count). The third kappa shape index (κ3) is 4.31. The van der Waals surface area contributed by atoms with E-state index < -0.39 is 29.7 Å². The first-order valence-corrected chi connectivity index (χ1v) is 12.9. The summed E-state index contributed by atoms with van der Waals surface area (Å²) in [6.45, 7) is 2.37. The number of anilines is 2. The molecule has 3 aliphatic rings. The first kappa shape index (κ1) is 23.9. The average molecular weight is 513 g/mol. The molecular weight excluding hydrogens is 484 g/mol. The number of amides is 4. The third-order valence-electron chi connectivity index (χ3n) is 7.57. The summed E-state index contributed by atoms with van der Waals surface area (Å²) in [5.41, 5.74) is 3.25. The minimum absolute atomic E-state index is 0.0875. The number of hydrogen-bond donors (Lipinski definition) is 2. The number of aromatic nitrogens is 2. The van der Waals surface area contributed by atoms with Gasteiger partial charge >= 0.3 is 0 Å². The number of piperidine rings is 2. The van der Waals surface area contributed by atoms with Crippen molar-refractivity contribution < 1.29 is 19.2 Å². The number of imide groups is 2. The molecule has 194 valence electrons. The van der Waals surface area contributed by atoms with E-state index >= 15 is 0 Å². The first-order chi connectivity index (χ1) is 18.5. The molecule has 1 unspecified atom stereocenters. The topological polar surface area (TPSA) is 117 Å². The van der Waals surface area contributed by atoms with Crippen LogP contribution in [0.25, 0.3) is 0 Å². The van der Waals surface area contributed by atoms with Gasteiger partial charge in [-0.1, -0.05) is 24.3 Å². The van der Waals surface area contributed by atoms with Crippen LogP contribution in [-0.4, -0.2) is 57.4 Å². The monoisotopic (exact) mass is 512 g/mol. The molecule has 1 aromatic heterocycles. The Hall–Kier alpha value is -4.47.